The zero-order chi connectivity index (χ0) is 27.3. The van der Waals surface area contributed by atoms with Gasteiger partial charge in [-0.3, -0.25) is 9.79 Å². The summed E-state index contributed by atoms with van der Waals surface area (Å²) in [5.41, 5.74) is 1.72. The molecule has 2 unspecified atom stereocenters. The van der Waals surface area contributed by atoms with E-state index in [0.717, 1.165) is 12.1 Å². The van der Waals surface area contributed by atoms with Crippen molar-refractivity contribution in [3.05, 3.63) is 89.5 Å². The molecule has 1 aliphatic heterocycles. The first-order chi connectivity index (χ1) is 18.2. The van der Waals surface area contributed by atoms with Crippen LogP contribution in [0.1, 0.15) is 36.4 Å². The summed E-state index contributed by atoms with van der Waals surface area (Å²) in [6.07, 6.45) is -4.25. The maximum atomic E-state index is 14.5. The highest BCUT2D eigenvalue weighted by Crippen LogP contribution is 2.39. The lowest BCUT2D eigenvalue weighted by molar-refractivity contribution is -0.274. The molecular weight excluding hydrogens is 507 g/mol. The highest BCUT2D eigenvalue weighted by molar-refractivity contribution is 6.04. The summed E-state index contributed by atoms with van der Waals surface area (Å²) in [7, 11) is 0. The number of halogens is 5. The number of rotatable bonds is 8. The van der Waals surface area contributed by atoms with Crippen LogP contribution in [0.5, 0.6) is 5.75 Å². The van der Waals surface area contributed by atoms with E-state index in [-0.39, 0.29) is 36.5 Å². The Balaban J connectivity index is 1.59. The monoisotopic (exact) mass is 528 g/mol. The molecule has 0 amide bonds. The third-order valence-electron chi connectivity index (χ3n) is 5.99. The molecule has 1 aliphatic rings. The molecule has 0 bridgehead atoms. The average molecular weight is 528 g/mol. The number of hydrogen-bond acceptors (Lipinski definition) is 5. The first kappa shape index (κ1) is 26.8. The molecule has 2 atom stereocenters. The van der Waals surface area contributed by atoms with E-state index in [2.05, 4.69) is 9.73 Å². The van der Waals surface area contributed by atoms with Gasteiger partial charge in [0.05, 0.1) is 30.2 Å². The first-order valence-corrected chi connectivity index (χ1v) is 11.7. The summed E-state index contributed by atoms with van der Waals surface area (Å²) < 4.78 is 75.4. The maximum absolute atomic E-state index is 14.5. The molecule has 1 heterocycles. The van der Waals surface area contributed by atoms with E-state index >= 15 is 0 Å². The second kappa shape index (κ2) is 11.4. The fourth-order valence-corrected chi connectivity index (χ4v) is 4.24. The van der Waals surface area contributed by atoms with Gasteiger partial charge >= 0.3 is 12.3 Å². The first-order valence-electron chi connectivity index (χ1n) is 11.7. The van der Waals surface area contributed by atoms with Crippen LogP contribution < -0.4 is 4.74 Å². The lowest BCUT2D eigenvalue weighted by Crippen LogP contribution is -2.22. The van der Waals surface area contributed by atoms with Crippen molar-refractivity contribution in [1.82, 2.24) is 0 Å². The van der Waals surface area contributed by atoms with E-state index < -0.39 is 35.9 Å². The molecule has 0 fully saturated rings. The van der Waals surface area contributed by atoms with Gasteiger partial charge in [-0.15, -0.1) is 13.2 Å². The topological polar surface area (TPSA) is 71.7 Å². The SMILES string of the molecule is N#CCCCOC(=O)C1CC(c2c(F)cccc2F)=NC1c1ccc(-c2ccc(OC(F)(F)F)cc2)cc1. The second-order valence-electron chi connectivity index (χ2n) is 8.55. The Hall–Kier alpha value is -4.26. The molecule has 0 aliphatic carbocycles. The average Bonchev–Trinajstić information content (AvgIpc) is 3.31. The van der Waals surface area contributed by atoms with Crippen molar-refractivity contribution in [3.8, 4) is 22.9 Å². The maximum Gasteiger partial charge on any atom is 0.573 e. The number of carbonyl (C=O) groups is 1. The third-order valence-corrected chi connectivity index (χ3v) is 5.99. The predicted molar refractivity (Wildman–Crippen MR) is 128 cm³/mol. The molecule has 3 aromatic rings. The number of benzene rings is 3. The predicted octanol–water partition coefficient (Wildman–Crippen LogP) is 6.93. The highest BCUT2D eigenvalue weighted by atomic mass is 19.4. The van der Waals surface area contributed by atoms with E-state index in [1.807, 2.05) is 6.07 Å². The molecule has 0 saturated carbocycles. The number of esters is 1. The molecule has 38 heavy (non-hydrogen) atoms. The third kappa shape index (κ3) is 6.35. The van der Waals surface area contributed by atoms with Crippen LogP contribution in [0.4, 0.5) is 22.0 Å². The highest BCUT2D eigenvalue weighted by Gasteiger charge is 2.39. The molecular formula is C28H21F5N2O3. The Morgan fingerprint density at radius 2 is 1.58 bits per heavy atom. The van der Waals surface area contributed by atoms with Gasteiger partial charge in [-0.05, 0) is 47.4 Å². The van der Waals surface area contributed by atoms with Crippen molar-refractivity contribution < 1.29 is 36.2 Å². The molecule has 196 valence electrons. The normalized spacial score (nSPS) is 17.0. The Morgan fingerprint density at radius 1 is 0.974 bits per heavy atom. The fourth-order valence-electron chi connectivity index (χ4n) is 4.24. The van der Waals surface area contributed by atoms with Gasteiger partial charge in [0.15, 0.2) is 0 Å². The smallest absolute Gasteiger partial charge is 0.465 e. The molecule has 3 aromatic carbocycles. The van der Waals surface area contributed by atoms with Gasteiger partial charge < -0.3 is 9.47 Å². The minimum absolute atomic E-state index is 0.0337. The fraction of sp³-hybridized carbons (Fsp3) is 0.250. The molecule has 5 nitrogen and oxygen atoms in total. The molecule has 0 spiro atoms. The van der Waals surface area contributed by atoms with Gasteiger partial charge in [-0.1, -0.05) is 42.5 Å². The quantitative estimate of drug-likeness (QED) is 0.181. The van der Waals surface area contributed by atoms with Gasteiger partial charge in [0, 0.05) is 18.6 Å². The van der Waals surface area contributed by atoms with Crippen molar-refractivity contribution in [2.45, 2.75) is 31.7 Å². The molecule has 0 radical (unpaired) electrons. The number of ether oxygens (including phenoxy) is 2. The summed E-state index contributed by atoms with van der Waals surface area (Å²) in [5.74, 6) is -3.36. The Labute approximate surface area is 215 Å². The lowest BCUT2D eigenvalue weighted by atomic mass is 9.90. The number of unbranched alkanes of at least 4 members (excludes halogenated alkanes) is 1. The number of hydrogen-bond donors (Lipinski definition) is 0. The largest absolute Gasteiger partial charge is 0.573 e. The summed E-state index contributed by atoms with van der Waals surface area (Å²) in [6, 6.07) is 16.8. The minimum atomic E-state index is -4.79. The summed E-state index contributed by atoms with van der Waals surface area (Å²) in [5, 5.41) is 8.68. The number of nitrogens with zero attached hydrogens (tertiary/aromatic N) is 2. The number of carbonyl (C=O) groups excluding carboxylic acids is 1. The van der Waals surface area contributed by atoms with Crippen molar-refractivity contribution in [2.24, 2.45) is 10.9 Å². The lowest BCUT2D eigenvalue weighted by Gasteiger charge is -2.17. The van der Waals surface area contributed by atoms with Crippen LogP contribution in [-0.2, 0) is 9.53 Å². The van der Waals surface area contributed by atoms with Crippen LogP contribution in [0.15, 0.2) is 71.7 Å². The van der Waals surface area contributed by atoms with Crippen LogP contribution in [0.2, 0.25) is 0 Å². The molecule has 0 N–H and O–H groups in total. The van der Waals surface area contributed by atoms with Crippen LogP contribution in [-0.4, -0.2) is 24.7 Å². The van der Waals surface area contributed by atoms with Crippen LogP contribution in [0.3, 0.4) is 0 Å². The Kier molecular flexibility index (Phi) is 8.05. The van der Waals surface area contributed by atoms with Crippen molar-refractivity contribution in [3.63, 3.8) is 0 Å². The second-order valence-corrected chi connectivity index (χ2v) is 8.55. The van der Waals surface area contributed by atoms with E-state index in [1.165, 1.54) is 30.3 Å². The number of alkyl halides is 3. The van der Waals surface area contributed by atoms with Crippen LogP contribution in [0, 0.1) is 28.9 Å². The van der Waals surface area contributed by atoms with Crippen LogP contribution in [0.25, 0.3) is 11.1 Å². The molecule has 10 heteroatoms. The van der Waals surface area contributed by atoms with E-state index in [4.69, 9.17) is 10.00 Å². The van der Waals surface area contributed by atoms with Crippen molar-refractivity contribution >= 4 is 11.7 Å². The van der Waals surface area contributed by atoms with E-state index in [1.54, 1.807) is 24.3 Å². The zero-order valence-corrected chi connectivity index (χ0v) is 19.8. The molecule has 0 aromatic heterocycles. The summed E-state index contributed by atoms with van der Waals surface area (Å²) >= 11 is 0. The van der Waals surface area contributed by atoms with Crippen molar-refractivity contribution in [2.75, 3.05) is 6.61 Å². The number of aliphatic imine (C=N–C) groups is 1. The number of nitriles is 1. The van der Waals surface area contributed by atoms with Gasteiger partial charge in [0.25, 0.3) is 0 Å². The van der Waals surface area contributed by atoms with Gasteiger partial charge in [0.1, 0.15) is 17.4 Å². The standard InChI is InChI=1S/C28H21F5N2O3/c29-22-4-3-5-23(30)25(22)24-16-21(27(36)37-15-2-1-14-34)26(35-24)19-8-6-17(7-9-19)18-10-12-20(13-11-18)38-28(31,32)33/h3-13,21,26H,1-2,15-16H2. The molecule has 4 rings (SSSR count). The van der Waals surface area contributed by atoms with E-state index in [9.17, 15) is 26.7 Å². The van der Waals surface area contributed by atoms with Gasteiger partial charge in [0.2, 0.25) is 0 Å². The Morgan fingerprint density at radius 3 is 2.16 bits per heavy atom. The minimum Gasteiger partial charge on any atom is -0.465 e. The van der Waals surface area contributed by atoms with Crippen molar-refractivity contribution in [1.29, 1.82) is 5.26 Å². The summed E-state index contributed by atoms with van der Waals surface area (Å²) in [6.45, 7) is 0.0337. The van der Waals surface area contributed by atoms with Gasteiger partial charge in [-0.2, -0.15) is 5.26 Å². The Bertz CT molecular complexity index is 1340. The van der Waals surface area contributed by atoms with Crippen LogP contribution >= 0.6 is 0 Å². The van der Waals surface area contributed by atoms with Gasteiger partial charge in [-0.25, -0.2) is 8.78 Å². The van der Waals surface area contributed by atoms with E-state index in [0.29, 0.717) is 23.1 Å². The zero-order valence-electron chi connectivity index (χ0n) is 19.8. The molecule has 0 saturated heterocycles. The summed E-state index contributed by atoms with van der Waals surface area (Å²) in [4.78, 5) is 17.4.